The fourth-order valence-electron chi connectivity index (χ4n) is 2.77. The molecule has 1 aromatic carbocycles. The lowest BCUT2D eigenvalue weighted by molar-refractivity contribution is -0.130. The van der Waals surface area contributed by atoms with Crippen LogP contribution < -0.4 is 5.56 Å². The number of nitrogens with zero attached hydrogens (tertiary/aromatic N) is 2. The number of carbonyl (C=O) groups excluding carboxylic acids is 1. The van der Waals surface area contributed by atoms with Gasteiger partial charge in [-0.1, -0.05) is 18.2 Å². The normalized spacial score (nSPS) is 16.3. The molecular weight excluding hydrogens is 266 g/mol. The van der Waals surface area contributed by atoms with Crippen molar-refractivity contribution in [3.63, 3.8) is 0 Å². The van der Waals surface area contributed by atoms with Gasteiger partial charge in [0, 0.05) is 50.7 Å². The third-order valence-electron chi connectivity index (χ3n) is 4.04. The molecule has 2 aromatic rings. The van der Waals surface area contributed by atoms with Crippen LogP contribution in [-0.2, 0) is 11.3 Å². The Hall–Kier alpha value is -2.14. The number of H-pyrrole nitrogens is 1. The molecule has 1 N–H and O–H groups in total. The molecule has 0 aliphatic carbocycles. The van der Waals surface area contributed by atoms with Crippen LogP contribution in [-0.4, -0.2) is 46.9 Å². The van der Waals surface area contributed by atoms with E-state index in [9.17, 15) is 9.59 Å². The molecule has 1 aromatic heterocycles. The second-order valence-electron chi connectivity index (χ2n) is 5.49. The number of rotatable bonds is 2. The van der Waals surface area contributed by atoms with E-state index in [-0.39, 0.29) is 11.5 Å². The van der Waals surface area contributed by atoms with Gasteiger partial charge in [-0.05, 0) is 17.5 Å². The van der Waals surface area contributed by atoms with E-state index in [0.29, 0.717) is 6.54 Å². The van der Waals surface area contributed by atoms with Gasteiger partial charge in [-0.25, -0.2) is 0 Å². The molecule has 0 radical (unpaired) electrons. The highest BCUT2D eigenvalue weighted by Gasteiger charge is 2.19. The Morgan fingerprint density at radius 3 is 2.62 bits per heavy atom. The second kappa shape index (κ2) is 5.69. The van der Waals surface area contributed by atoms with E-state index in [4.69, 9.17) is 0 Å². The molecule has 3 rings (SSSR count). The van der Waals surface area contributed by atoms with Crippen LogP contribution in [0.5, 0.6) is 0 Å². The number of fused-ring (bicyclic) bond motifs is 1. The van der Waals surface area contributed by atoms with Crippen molar-refractivity contribution in [1.29, 1.82) is 0 Å². The van der Waals surface area contributed by atoms with Crippen LogP contribution >= 0.6 is 0 Å². The first-order valence-electron chi connectivity index (χ1n) is 7.22. The first-order chi connectivity index (χ1) is 10.1. The summed E-state index contributed by atoms with van der Waals surface area (Å²) in [7, 11) is 0. The second-order valence-corrected chi connectivity index (χ2v) is 5.49. The first kappa shape index (κ1) is 13.8. The summed E-state index contributed by atoms with van der Waals surface area (Å²) < 4.78 is 0. The highest BCUT2D eigenvalue weighted by molar-refractivity contribution is 5.78. The van der Waals surface area contributed by atoms with E-state index in [1.54, 1.807) is 6.92 Å². The summed E-state index contributed by atoms with van der Waals surface area (Å²) in [6, 6.07) is 9.76. The maximum absolute atomic E-state index is 12.1. The van der Waals surface area contributed by atoms with Gasteiger partial charge < -0.3 is 9.88 Å². The number of aromatic nitrogens is 1. The fourth-order valence-corrected chi connectivity index (χ4v) is 2.77. The van der Waals surface area contributed by atoms with Crippen LogP contribution in [0.4, 0.5) is 0 Å². The molecule has 1 fully saturated rings. The number of para-hydroxylation sites is 1. The van der Waals surface area contributed by atoms with E-state index in [1.807, 2.05) is 35.2 Å². The summed E-state index contributed by atoms with van der Waals surface area (Å²) in [6.07, 6.45) is 0. The van der Waals surface area contributed by atoms with E-state index in [0.717, 1.165) is 42.6 Å². The molecule has 1 amide bonds. The number of piperazine rings is 1. The number of benzene rings is 1. The molecule has 5 heteroatoms. The Bertz CT molecular complexity index is 715. The Morgan fingerprint density at radius 2 is 1.90 bits per heavy atom. The zero-order chi connectivity index (χ0) is 14.8. The van der Waals surface area contributed by atoms with Crippen molar-refractivity contribution in [3.8, 4) is 0 Å². The number of hydrogen-bond donors (Lipinski definition) is 1. The molecule has 0 saturated carbocycles. The Labute approximate surface area is 123 Å². The number of aromatic amines is 1. The van der Waals surface area contributed by atoms with Gasteiger partial charge in [0.05, 0.1) is 0 Å². The third kappa shape index (κ3) is 2.97. The molecule has 0 spiro atoms. The summed E-state index contributed by atoms with van der Waals surface area (Å²) in [4.78, 5) is 30.4. The maximum atomic E-state index is 12.1. The molecular formula is C16H19N3O2. The van der Waals surface area contributed by atoms with E-state index in [1.165, 1.54) is 0 Å². The highest BCUT2D eigenvalue weighted by atomic mass is 16.2. The Morgan fingerprint density at radius 1 is 1.19 bits per heavy atom. The van der Waals surface area contributed by atoms with E-state index < -0.39 is 0 Å². The van der Waals surface area contributed by atoms with Crippen molar-refractivity contribution in [3.05, 3.63) is 46.2 Å². The van der Waals surface area contributed by atoms with Crippen LogP contribution in [0.3, 0.4) is 0 Å². The van der Waals surface area contributed by atoms with Gasteiger partial charge in [0.25, 0.3) is 5.56 Å². The maximum Gasteiger partial charge on any atom is 0.252 e. The molecule has 21 heavy (non-hydrogen) atoms. The number of hydrogen-bond acceptors (Lipinski definition) is 3. The molecule has 0 bridgehead atoms. The summed E-state index contributed by atoms with van der Waals surface area (Å²) >= 11 is 0. The predicted octanol–water partition coefficient (Wildman–Crippen LogP) is 1.19. The minimum Gasteiger partial charge on any atom is -0.340 e. The van der Waals surface area contributed by atoms with Crippen LogP contribution in [0.2, 0.25) is 0 Å². The summed E-state index contributed by atoms with van der Waals surface area (Å²) in [5, 5.41) is 1.05. The van der Waals surface area contributed by atoms with Crippen molar-refractivity contribution in [2.24, 2.45) is 0 Å². The van der Waals surface area contributed by atoms with Crippen LogP contribution in [0, 0.1) is 0 Å². The van der Waals surface area contributed by atoms with Gasteiger partial charge in [-0.3, -0.25) is 14.5 Å². The van der Waals surface area contributed by atoms with Crippen LogP contribution in [0.25, 0.3) is 10.9 Å². The first-order valence-corrected chi connectivity index (χ1v) is 7.22. The number of nitrogens with one attached hydrogen (secondary N) is 1. The Kier molecular flexibility index (Phi) is 3.75. The molecule has 110 valence electrons. The molecule has 5 nitrogen and oxygen atoms in total. The van der Waals surface area contributed by atoms with Gasteiger partial charge in [0.2, 0.25) is 5.91 Å². The molecule has 0 unspecified atom stereocenters. The minimum atomic E-state index is -0.0253. The van der Waals surface area contributed by atoms with Gasteiger partial charge in [0.15, 0.2) is 0 Å². The molecule has 0 atom stereocenters. The summed E-state index contributed by atoms with van der Waals surface area (Å²) in [5.41, 5.74) is 1.63. The SMILES string of the molecule is CC(=O)N1CCN(Cc2cc3ccccc3[nH]c2=O)CC1. The number of pyridine rings is 1. The van der Waals surface area contributed by atoms with Crippen LogP contribution in [0.1, 0.15) is 12.5 Å². The average molecular weight is 285 g/mol. The monoisotopic (exact) mass is 285 g/mol. The number of carbonyl (C=O) groups is 1. The zero-order valence-electron chi connectivity index (χ0n) is 12.1. The zero-order valence-corrected chi connectivity index (χ0v) is 12.1. The van der Waals surface area contributed by atoms with Crippen molar-refractivity contribution < 1.29 is 4.79 Å². The smallest absolute Gasteiger partial charge is 0.252 e. The van der Waals surface area contributed by atoms with Gasteiger partial charge in [-0.15, -0.1) is 0 Å². The topological polar surface area (TPSA) is 56.4 Å². The van der Waals surface area contributed by atoms with Crippen molar-refractivity contribution >= 4 is 16.8 Å². The molecule has 1 aliphatic rings. The van der Waals surface area contributed by atoms with Crippen molar-refractivity contribution in [2.75, 3.05) is 26.2 Å². The third-order valence-corrected chi connectivity index (χ3v) is 4.04. The van der Waals surface area contributed by atoms with E-state index in [2.05, 4.69) is 9.88 Å². The Balaban J connectivity index is 1.75. The largest absolute Gasteiger partial charge is 0.340 e. The summed E-state index contributed by atoms with van der Waals surface area (Å²) in [5.74, 6) is 0.123. The lowest BCUT2D eigenvalue weighted by atomic mass is 10.1. The lowest BCUT2D eigenvalue weighted by Gasteiger charge is -2.34. The van der Waals surface area contributed by atoms with Gasteiger partial charge >= 0.3 is 0 Å². The predicted molar refractivity (Wildman–Crippen MR) is 82.1 cm³/mol. The van der Waals surface area contributed by atoms with Gasteiger partial charge in [-0.2, -0.15) is 0 Å². The number of amides is 1. The van der Waals surface area contributed by atoms with Crippen molar-refractivity contribution in [2.45, 2.75) is 13.5 Å². The fraction of sp³-hybridized carbons (Fsp3) is 0.375. The average Bonchev–Trinajstić information content (AvgIpc) is 2.48. The van der Waals surface area contributed by atoms with E-state index >= 15 is 0 Å². The quantitative estimate of drug-likeness (QED) is 0.902. The molecule has 1 aliphatic heterocycles. The van der Waals surface area contributed by atoms with Gasteiger partial charge in [0.1, 0.15) is 0 Å². The molecule has 2 heterocycles. The summed E-state index contributed by atoms with van der Waals surface area (Å²) in [6.45, 7) is 5.33. The molecule has 1 saturated heterocycles. The van der Waals surface area contributed by atoms with Crippen molar-refractivity contribution in [1.82, 2.24) is 14.8 Å². The highest BCUT2D eigenvalue weighted by Crippen LogP contribution is 2.12. The van der Waals surface area contributed by atoms with Crippen LogP contribution in [0.15, 0.2) is 35.1 Å². The standard InChI is InChI=1S/C16H19N3O2/c1-12(20)19-8-6-18(7-9-19)11-14-10-13-4-2-3-5-15(13)17-16(14)21/h2-5,10H,6-9,11H2,1H3,(H,17,21). The minimum absolute atomic E-state index is 0.0253. The lowest BCUT2D eigenvalue weighted by Crippen LogP contribution is -2.47.